The van der Waals surface area contributed by atoms with Gasteiger partial charge < -0.3 is 60.2 Å². The van der Waals surface area contributed by atoms with E-state index in [0.717, 1.165) is 6.08 Å². The Morgan fingerprint density at radius 3 is 2.32 bits per heavy atom. The highest BCUT2D eigenvalue weighted by Gasteiger charge is 2.45. The van der Waals surface area contributed by atoms with Crippen LogP contribution in [0.4, 0.5) is 0 Å². The molecule has 13 heteroatoms. The smallest absolute Gasteiger partial charge is 0.330 e. The van der Waals surface area contributed by atoms with Crippen LogP contribution < -0.4 is 0 Å². The van der Waals surface area contributed by atoms with E-state index in [-0.39, 0.29) is 11.5 Å². The number of ether oxygens (including phenoxy) is 3. The quantitative estimate of drug-likeness (QED) is 0.0903. The number of carbonyl (C=O) groups excluding carboxylic acids is 1. The number of phenolic OH excluding ortho intramolecular Hbond substituents is 2. The van der Waals surface area contributed by atoms with Gasteiger partial charge in [0.05, 0.1) is 12.7 Å². The van der Waals surface area contributed by atoms with Crippen LogP contribution in [0.5, 0.6) is 11.5 Å². The zero-order valence-electron chi connectivity index (χ0n) is 18.2. The van der Waals surface area contributed by atoms with Crippen molar-refractivity contribution in [2.75, 3.05) is 13.2 Å². The summed E-state index contributed by atoms with van der Waals surface area (Å²) in [4.78, 5) is 11.9. The van der Waals surface area contributed by atoms with Gasteiger partial charge in [-0.2, -0.15) is 0 Å². The second kappa shape index (κ2) is 12.4. The molecule has 9 atom stereocenters. The molecule has 0 spiro atoms. The standard InChI is InChI=1S/C21H30O13/c1-9(22)16(27)17(28)13(25)7-33-21-20(31)19(30)18(29)14(34-21)8-32-15(26)5-3-10-2-4-11(23)12(24)6-10/h2-6,9,13-14,16-25,27-31H,7-8H2,1H3. The number of aliphatic hydroxyl groups excluding tert-OH is 7. The summed E-state index contributed by atoms with van der Waals surface area (Å²) in [6, 6.07) is 3.86. The molecule has 0 aliphatic carbocycles. The fourth-order valence-electron chi connectivity index (χ4n) is 3.02. The molecule has 2 rings (SSSR count). The largest absolute Gasteiger partial charge is 0.504 e. The van der Waals surface area contributed by atoms with Gasteiger partial charge in [0.15, 0.2) is 17.8 Å². The number of phenols is 2. The molecule has 1 heterocycles. The van der Waals surface area contributed by atoms with Gasteiger partial charge in [-0.3, -0.25) is 0 Å². The Morgan fingerprint density at radius 1 is 1.03 bits per heavy atom. The van der Waals surface area contributed by atoms with E-state index >= 15 is 0 Å². The van der Waals surface area contributed by atoms with Crippen LogP contribution in [0.2, 0.25) is 0 Å². The Hall–Kier alpha value is -2.33. The van der Waals surface area contributed by atoms with Gasteiger partial charge in [-0.15, -0.1) is 0 Å². The van der Waals surface area contributed by atoms with Crippen LogP contribution in [0, 0.1) is 0 Å². The molecular weight excluding hydrogens is 460 g/mol. The van der Waals surface area contributed by atoms with Crippen LogP contribution >= 0.6 is 0 Å². The third-order valence-corrected chi connectivity index (χ3v) is 5.14. The van der Waals surface area contributed by atoms with Crippen LogP contribution in [0.25, 0.3) is 6.08 Å². The fourth-order valence-corrected chi connectivity index (χ4v) is 3.02. The highest BCUT2D eigenvalue weighted by molar-refractivity contribution is 5.87. The van der Waals surface area contributed by atoms with Gasteiger partial charge in [-0.1, -0.05) is 6.07 Å². The fraction of sp³-hybridized carbons (Fsp3) is 0.571. The van der Waals surface area contributed by atoms with Gasteiger partial charge in [0.2, 0.25) is 0 Å². The first kappa shape index (κ1) is 27.9. The van der Waals surface area contributed by atoms with E-state index in [0.29, 0.717) is 5.56 Å². The number of rotatable bonds is 10. The van der Waals surface area contributed by atoms with Crippen molar-refractivity contribution in [3.05, 3.63) is 29.8 Å². The summed E-state index contributed by atoms with van der Waals surface area (Å²) in [6.45, 7) is -0.0339. The zero-order chi connectivity index (χ0) is 25.6. The first-order chi connectivity index (χ1) is 15.9. The number of carbonyl (C=O) groups is 1. The van der Waals surface area contributed by atoms with Gasteiger partial charge in [-0.05, 0) is 30.7 Å². The van der Waals surface area contributed by atoms with Crippen molar-refractivity contribution in [3.63, 3.8) is 0 Å². The molecule has 0 bridgehead atoms. The van der Waals surface area contributed by atoms with Crippen LogP contribution in [-0.4, -0.2) is 120 Å². The van der Waals surface area contributed by atoms with Crippen molar-refractivity contribution >= 4 is 12.0 Å². The summed E-state index contributed by atoms with van der Waals surface area (Å²) in [5, 5.41) is 87.5. The molecule has 192 valence electrons. The minimum Gasteiger partial charge on any atom is -0.504 e. The van der Waals surface area contributed by atoms with E-state index in [1.807, 2.05) is 0 Å². The van der Waals surface area contributed by atoms with Crippen molar-refractivity contribution in [3.8, 4) is 11.5 Å². The molecule has 0 amide bonds. The Labute approximate surface area is 194 Å². The number of hydrogen-bond acceptors (Lipinski definition) is 13. The number of esters is 1. The lowest BCUT2D eigenvalue weighted by Crippen LogP contribution is -2.60. The predicted octanol–water partition coefficient (Wildman–Crippen LogP) is -3.06. The minimum absolute atomic E-state index is 0.332. The zero-order valence-corrected chi connectivity index (χ0v) is 18.2. The number of benzene rings is 1. The van der Waals surface area contributed by atoms with E-state index in [9.17, 15) is 50.8 Å². The Morgan fingerprint density at radius 2 is 1.71 bits per heavy atom. The van der Waals surface area contributed by atoms with Crippen molar-refractivity contribution < 1.29 is 65.0 Å². The molecule has 13 nitrogen and oxygen atoms in total. The summed E-state index contributed by atoms with van der Waals surface area (Å²) in [7, 11) is 0. The van der Waals surface area contributed by atoms with Crippen LogP contribution in [0.1, 0.15) is 12.5 Å². The molecule has 9 unspecified atom stereocenters. The molecule has 0 saturated carbocycles. The van der Waals surface area contributed by atoms with E-state index in [2.05, 4.69) is 0 Å². The van der Waals surface area contributed by atoms with Crippen molar-refractivity contribution in [2.45, 2.75) is 62.0 Å². The first-order valence-electron chi connectivity index (χ1n) is 10.3. The summed E-state index contributed by atoms with van der Waals surface area (Å²) in [6.07, 6.45) is -12.3. The normalized spacial score (nSPS) is 28.9. The summed E-state index contributed by atoms with van der Waals surface area (Å²) in [5.74, 6) is -1.58. The molecule has 1 fully saturated rings. The minimum atomic E-state index is -1.78. The Balaban J connectivity index is 1.91. The molecule has 34 heavy (non-hydrogen) atoms. The third-order valence-electron chi connectivity index (χ3n) is 5.14. The third kappa shape index (κ3) is 7.33. The van der Waals surface area contributed by atoms with Crippen molar-refractivity contribution in [1.82, 2.24) is 0 Å². The Bertz CT molecular complexity index is 829. The lowest BCUT2D eigenvalue weighted by atomic mass is 9.99. The van der Waals surface area contributed by atoms with Crippen molar-refractivity contribution in [2.24, 2.45) is 0 Å². The number of hydrogen-bond donors (Lipinski definition) is 9. The average Bonchev–Trinajstić information content (AvgIpc) is 2.80. The molecule has 1 aromatic rings. The molecule has 0 aromatic heterocycles. The van der Waals surface area contributed by atoms with Crippen LogP contribution in [0.15, 0.2) is 24.3 Å². The van der Waals surface area contributed by atoms with Crippen LogP contribution in [-0.2, 0) is 19.0 Å². The number of aromatic hydroxyl groups is 2. The second-order valence-electron chi connectivity index (χ2n) is 7.85. The summed E-state index contributed by atoms with van der Waals surface area (Å²) >= 11 is 0. The number of aliphatic hydroxyl groups is 7. The molecule has 0 radical (unpaired) electrons. The molecule has 9 N–H and O–H groups in total. The highest BCUT2D eigenvalue weighted by Crippen LogP contribution is 2.26. The van der Waals surface area contributed by atoms with E-state index < -0.39 is 74.3 Å². The van der Waals surface area contributed by atoms with Crippen LogP contribution in [0.3, 0.4) is 0 Å². The summed E-state index contributed by atoms with van der Waals surface area (Å²) < 4.78 is 15.4. The van der Waals surface area contributed by atoms with Gasteiger partial charge in [-0.25, -0.2) is 4.79 Å². The van der Waals surface area contributed by atoms with E-state index in [4.69, 9.17) is 14.2 Å². The molecular formula is C21H30O13. The second-order valence-corrected chi connectivity index (χ2v) is 7.85. The Kier molecular flexibility index (Phi) is 10.2. The predicted molar refractivity (Wildman–Crippen MR) is 112 cm³/mol. The van der Waals surface area contributed by atoms with Gasteiger partial charge in [0, 0.05) is 6.08 Å². The lowest BCUT2D eigenvalue weighted by molar-refractivity contribution is -0.307. The molecule has 1 aromatic carbocycles. The first-order valence-corrected chi connectivity index (χ1v) is 10.3. The molecule has 1 saturated heterocycles. The van der Waals surface area contributed by atoms with Gasteiger partial charge >= 0.3 is 5.97 Å². The van der Waals surface area contributed by atoms with E-state index in [1.165, 1.54) is 31.2 Å². The molecule has 1 aliphatic rings. The van der Waals surface area contributed by atoms with Crippen molar-refractivity contribution in [1.29, 1.82) is 0 Å². The molecule has 1 aliphatic heterocycles. The maximum absolute atomic E-state index is 11.9. The lowest BCUT2D eigenvalue weighted by Gasteiger charge is -2.40. The van der Waals surface area contributed by atoms with E-state index in [1.54, 1.807) is 0 Å². The average molecular weight is 490 g/mol. The highest BCUT2D eigenvalue weighted by atomic mass is 16.7. The summed E-state index contributed by atoms with van der Waals surface area (Å²) in [5.41, 5.74) is 0.384. The maximum Gasteiger partial charge on any atom is 0.330 e. The van der Waals surface area contributed by atoms with Gasteiger partial charge in [0.1, 0.15) is 49.3 Å². The maximum atomic E-state index is 11.9. The topological polar surface area (TPSA) is 227 Å². The SMILES string of the molecule is CC(O)C(O)C(O)C(O)COC1OC(COC(=O)C=Cc2ccc(O)c(O)c2)C(O)C(O)C1O. The monoisotopic (exact) mass is 490 g/mol. The van der Waals surface area contributed by atoms with Gasteiger partial charge in [0.25, 0.3) is 0 Å².